The van der Waals surface area contributed by atoms with E-state index in [1.807, 2.05) is 30.3 Å². The number of hydrogen-bond donors (Lipinski definition) is 1. The second-order valence-corrected chi connectivity index (χ2v) is 7.16. The van der Waals surface area contributed by atoms with Crippen LogP contribution in [-0.2, 0) is 21.3 Å². The first-order chi connectivity index (χ1) is 9.99. The molecule has 0 radical (unpaired) electrons. The van der Waals surface area contributed by atoms with Crippen LogP contribution in [0.4, 0.5) is 4.39 Å². The molecular formula is C16H16FNO2S. The molecule has 1 aliphatic carbocycles. The van der Waals surface area contributed by atoms with E-state index in [1.165, 1.54) is 18.2 Å². The zero-order valence-corrected chi connectivity index (χ0v) is 12.2. The van der Waals surface area contributed by atoms with Gasteiger partial charge in [0.15, 0.2) is 0 Å². The van der Waals surface area contributed by atoms with E-state index in [2.05, 4.69) is 4.72 Å². The van der Waals surface area contributed by atoms with Crippen molar-refractivity contribution in [3.63, 3.8) is 0 Å². The fourth-order valence-corrected chi connectivity index (χ4v) is 4.12. The quantitative estimate of drug-likeness (QED) is 0.923. The minimum absolute atomic E-state index is 0.209. The van der Waals surface area contributed by atoms with Gasteiger partial charge >= 0.3 is 0 Å². The van der Waals surface area contributed by atoms with Gasteiger partial charge in [0.2, 0.25) is 10.0 Å². The van der Waals surface area contributed by atoms with Gasteiger partial charge in [-0.05, 0) is 36.1 Å². The monoisotopic (exact) mass is 305 g/mol. The number of sulfonamides is 1. The molecule has 0 atom stereocenters. The van der Waals surface area contributed by atoms with E-state index in [-0.39, 0.29) is 5.75 Å². The number of nitrogens with one attached hydrogen (secondary N) is 1. The van der Waals surface area contributed by atoms with Gasteiger partial charge in [0.1, 0.15) is 5.82 Å². The van der Waals surface area contributed by atoms with Crippen molar-refractivity contribution >= 4 is 10.0 Å². The van der Waals surface area contributed by atoms with E-state index in [0.29, 0.717) is 5.56 Å². The van der Waals surface area contributed by atoms with Gasteiger partial charge in [0.25, 0.3) is 0 Å². The molecule has 0 unspecified atom stereocenters. The summed E-state index contributed by atoms with van der Waals surface area (Å²) < 4.78 is 40.5. The van der Waals surface area contributed by atoms with Crippen molar-refractivity contribution in [3.05, 3.63) is 71.5 Å². The zero-order chi connectivity index (χ0) is 14.9. The van der Waals surface area contributed by atoms with Gasteiger partial charge in [-0.15, -0.1) is 0 Å². The summed E-state index contributed by atoms with van der Waals surface area (Å²) in [4.78, 5) is 0. The Balaban J connectivity index is 1.78. The Bertz CT molecular complexity index is 740. The maximum Gasteiger partial charge on any atom is 0.216 e. The van der Waals surface area contributed by atoms with Crippen LogP contribution in [0.5, 0.6) is 0 Å². The number of halogens is 1. The maximum absolute atomic E-state index is 13.1. The fourth-order valence-electron chi connectivity index (χ4n) is 2.51. The van der Waals surface area contributed by atoms with Gasteiger partial charge in [-0.25, -0.2) is 17.5 Å². The Morgan fingerprint density at radius 2 is 1.76 bits per heavy atom. The molecule has 2 aromatic carbocycles. The summed E-state index contributed by atoms with van der Waals surface area (Å²) >= 11 is 0. The van der Waals surface area contributed by atoms with E-state index in [9.17, 15) is 12.8 Å². The van der Waals surface area contributed by atoms with Gasteiger partial charge in [-0.3, -0.25) is 0 Å². The zero-order valence-electron chi connectivity index (χ0n) is 11.4. The molecule has 1 fully saturated rings. The highest BCUT2D eigenvalue weighted by atomic mass is 32.2. The predicted molar refractivity (Wildman–Crippen MR) is 79.5 cm³/mol. The van der Waals surface area contributed by atoms with Crippen LogP contribution in [0.25, 0.3) is 0 Å². The van der Waals surface area contributed by atoms with E-state index in [0.717, 1.165) is 18.4 Å². The van der Waals surface area contributed by atoms with E-state index in [1.54, 1.807) is 6.07 Å². The predicted octanol–water partition coefficient (Wildman–Crippen LogP) is 2.93. The van der Waals surface area contributed by atoms with Crippen LogP contribution in [0.3, 0.4) is 0 Å². The molecule has 21 heavy (non-hydrogen) atoms. The molecule has 110 valence electrons. The average Bonchev–Trinajstić information content (AvgIpc) is 3.19. The lowest BCUT2D eigenvalue weighted by Gasteiger charge is -2.18. The molecule has 2 aromatic rings. The SMILES string of the molecule is O=S(=O)(Cc1cccc(F)c1)NC1(c2ccccc2)CC1. The lowest BCUT2D eigenvalue weighted by atomic mass is 10.1. The summed E-state index contributed by atoms with van der Waals surface area (Å²) in [6.45, 7) is 0. The first-order valence-corrected chi connectivity index (χ1v) is 8.46. The average molecular weight is 305 g/mol. The fraction of sp³-hybridized carbons (Fsp3) is 0.250. The molecule has 0 heterocycles. The third-order valence-electron chi connectivity index (χ3n) is 3.67. The molecule has 5 heteroatoms. The summed E-state index contributed by atoms with van der Waals surface area (Å²) in [6.07, 6.45) is 1.58. The van der Waals surface area contributed by atoms with Crippen molar-refractivity contribution in [2.45, 2.75) is 24.1 Å². The third-order valence-corrected chi connectivity index (χ3v) is 5.09. The first-order valence-electron chi connectivity index (χ1n) is 6.81. The first kappa shape index (κ1) is 14.2. The van der Waals surface area contributed by atoms with Crippen molar-refractivity contribution in [1.82, 2.24) is 4.72 Å². The number of benzene rings is 2. The van der Waals surface area contributed by atoms with E-state index < -0.39 is 21.4 Å². The molecule has 0 aliphatic heterocycles. The van der Waals surface area contributed by atoms with Crippen molar-refractivity contribution in [2.75, 3.05) is 0 Å². The highest BCUT2D eigenvalue weighted by Gasteiger charge is 2.47. The van der Waals surface area contributed by atoms with E-state index in [4.69, 9.17) is 0 Å². The largest absolute Gasteiger partial charge is 0.216 e. The molecule has 0 amide bonds. The molecular weight excluding hydrogens is 289 g/mol. The molecule has 3 rings (SSSR count). The smallest absolute Gasteiger partial charge is 0.212 e. The van der Waals surface area contributed by atoms with E-state index >= 15 is 0 Å². The summed E-state index contributed by atoms with van der Waals surface area (Å²) in [5, 5.41) is 0. The second kappa shape index (κ2) is 5.24. The van der Waals surface area contributed by atoms with Crippen LogP contribution in [0, 0.1) is 5.82 Å². The number of rotatable bonds is 5. The molecule has 1 N–H and O–H groups in total. The molecule has 1 aliphatic rings. The molecule has 0 aromatic heterocycles. The Labute approximate surface area is 123 Å². The summed E-state index contributed by atoms with van der Waals surface area (Å²) in [5.41, 5.74) is 0.951. The molecule has 0 saturated heterocycles. The summed E-state index contributed by atoms with van der Waals surface area (Å²) in [5.74, 6) is -0.633. The Morgan fingerprint density at radius 3 is 2.38 bits per heavy atom. The molecule has 3 nitrogen and oxygen atoms in total. The van der Waals surface area contributed by atoms with Crippen LogP contribution >= 0.6 is 0 Å². The van der Waals surface area contributed by atoms with Crippen LogP contribution in [0.1, 0.15) is 24.0 Å². The summed E-state index contributed by atoms with van der Waals surface area (Å²) in [6, 6.07) is 15.2. The van der Waals surface area contributed by atoms with Crippen LogP contribution < -0.4 is 4.72 Å². The maximum atomic E-state index is 13.1. The molecule has 1 saturated carbocycles. The minimum atomic E-state index is -3.51. The van der Waals surface area contributed by atoms with Crippen LogP contribution in [-0.4, -0.2) is 8.42 Å². The highest BCUT2D eigenvalue weighted by Crippen LogP contribution is 2.46. The Hall–Kier alpha value is -1.72. The van der Waals surface area contributed by atoms with Gasteiger partial charge < -0.3 is 0 Å². The highest BCUT2D eigenvalue weighted by molar-refractivity contribution is 7.88. The second-order valence-electron chi connectivity index (χ2n) is 5.44. The topological polar surface area (TPSA) is 46.2 Å². The van der Waals surface area contributed by atoms with Gasteiger partial charge in [-0.2, -0.15) is 0 Å². The lowest BCUT2D eigenvalue weighted by molar-refractivity contribution is 0.550. The molecule has 0 spiro atoms. The summed E-state index contributed by atoms with van der Waals surface area (Å²) in [7, 11) is -3.51. The number of hydrogen-bond acceptors (Lipinski definition) is 2. The lowest BCUT2D eigenvalue weighted by Crippen LogP contribution is -2.35. The van der Waals surface area contributed by atoms with Gasteiger partial charge in [-0.1, -0.05) is 42.5 Å². The minimum Gasteiger partial charge on any atom is -0.212 e. The van der Waals surface area contributed by atoms with Crippen molar-refractivity contribution in [3.8, 4) is 0 Å². The van der Waals surface area contributed by atoms with Crippen LogP contribution in [0.15, 0.2) is 54.6 Å². The Kier molecular flexibility index (Phi) is 3.55. The van der Waals surface area contributed by atoms with Crippen molar-refractivity contribution < 1.29 is 12.8 Å². The standard InChI is InChI=1S/C16H16FNO2S/c17-15-8-4-5-13(11-15)12-21(19,20)18-16(9-10-16)14-6-2-1-3-7-14/h1-8,11,18H,9-10,12H2. The van der Waals surface area contributed by atoms with Crippen molar-refractivity contribution in [2.24, 2.45) is 0 Å². The molecule has 0 bridgehead atoms. The van der Waals surface area contributed by atoms with Gasteiger partial charge in [0, 0.05) is 0 Å². The van der Waals surface area contributed by atoms with Crippen molar-refractivity contribution in [1.29, 1.82) is 0 Å². The third kappa shape index (κ3) is 3.31. The normalized spacial score (nSPS) is 16.6. The van der Waals surface area contributed by atoms with Gasteiger partial charge in [0.05, 0.1) is 11.3 Å². The van der Waals surface area contributed by atoms with Crippen LogP contribution in [0.2, 0.25) is 0 Å². The Morgan fingerprint density at radius 1 is 1.05 bits per heavy atom.